The summed E-state index contributed by atoms with van der Waals surface area (Å²) in [6.45, 7) is 2.74. The van der Waals surface area contributed by atoms with Gasteiger partial charge in [-0.3, -0.25) is 4.79 Å². The molecule has 1 aliphatic rings. The van der Waals surface area contributed by atoms with Crippen LogP contribution in [0, 0.1) is 0 Å². The van der Waals surface area contributed by atoms with E-state index < -0.39 is 0 Å². The first-order chi connectivity index (χ1) is 9.24. The second-order valence-corrected chi connectivity index (χ2v) is 4.34. The molecular formula is C14H13NO4. The lowest BCUT2D eigenvalue weighted by molar-refractivity contribution is 0.100. The molecule has 0 saturated heterocycles. The van der Waals surface area contributed by atoms with Gasteiger partial charge in [0.15, 0.2) is 23.0 Å². The third kappa shape index (κ3) is 2.31. The summed E-state index contributed by atoms with van der Waals surface area (Å²) in [7, 11) is 0. The molecule has 2 heterocycles. The highest BCUT2D eigenvalue weighted by Crippen LogP contribution is 2.34. The molecule has 0 fully saturated rings. The highest BCUT2D eigenvalue weighted by atomic mass is 16.5. The van der Waals surface area contributed by atoms with Crippen LogP contribution in [0.25, 0.3) is 11.3 Å². The van der Waals surface area contributed by atoms with Crippen molar-refractivity contribution in [1.29, 1.82) is 0 Å². The summed E-state index contributed by atoms with van der Waals surface area (Å²) in [5.41, 5.74) is 1.13. The summed E-state index contributed by atoms with van der Waals surface area (Å²) in [5, 5.41) is 3.73. The van der Waals surface area contributed by atoms with Crippen molar-refractivity contribution in [2.24, 2.45) is 0 Å². The predicted octanol–water partition coefficient (Wildman–Crippen LogP) is 2.71. The Bertz CT molecular complexity index is 618. The minimum atomic E-state index is -0.121. The van der Waals surface area contributed by atoms with Crippen LogP contribution in [0.3, 0.4) is 0 Å². The van der Waals surface area contributed by atoms with E-state index >= 15 is 0 Å². The molecular weight excluding hydrogens is 246 g/mol. The zero-order chi connectivity index (χ0) is 13.2. The molecule has 0 aliphatic carbocycles. The van der Waals surface area contributed by atoms with Crippen molar-refractivity contribution >= 4 is 5.78 Å². The molecule has 0 bridgehead atoms. The monoisotopic (exact) mass is 259 g/mol. The highest BCUT2D eigenvalue weighted by molar-refractivity contribution is 5.92. The van der Waals surface area contributed by atoms with Crippen LogP contribution in [-0.2, 0) is 0 Å². The van der Waals surface area contributed by atoms with Crippen molar-refractivity contribution in [2.75, 3.05) is 13.2 Å². The van der Waals surface area contributed by atoms with Crippen molar-refractivity contribution in [1.82, 2.24) is 5.16 Å². The normalized spacial score (nSPS) is 13.9. The zero-order valence-electron chi connectivity index (χ0n) is 10.5. The summed E-state index contributed by atoms with van der Waals surface area (Å²) in [6.07, 6.45) is 0.862. The molecule has 0 unspecified atom stereocenters. The Balaban J connectivity index is 1.96. The van der Waals surface area contributed by atoms with Gasteiger partial charge in [0.25, 0.3) is 0 Å². The molecule has 1 aromatic carbocycles. The van der Waals surface area contributed by atoms with Gasteiger partial charge in [0, 0.05) is 25.0 Å². The number of nitrogens with zero attached hydrogens (tertiary/aromatic N) is 1. The quantitative estimate of drug-likeness (QED) is 0.776. The van der Waals surface area contributed by atoms with Gasteiger partial charge in [-0.05, 0) is 18.2 Å². The van der Waals surface area contributed by atoms with Crippen LogP contribution >= 0.6 is 0 Å². The largest absolute Gasteiger partial charge is 0.490 e. The Hall–Kier alpha value is -2.30. The first kappa shape index (κ1) is 11.8. The van der Waals surface area contributed by atoms with Gasteiger partial charge in [0.1, 0.15) is 5.69 Å². The minimum absolute atomic E-state index is 0.121. The Morgan fingerprint density at radius 1 is 1.16 bits per heavy atom. The molecule has 2 aromatic rings. The molecule has 0 saturated carbocycles. The molecule has 0 spiro atoms. The van der Waals surface area contributed by atoms with Crippen LogP contribution < -0.4 is 9.47 Å². The zero-order valence-corrected chi connectivity index (χ0v) is 10.5. The summed E-state index contributed by atoms with van der Waals surface area (Å²) in [5.74, 6) is 1.84. The molecule has 3 rings (SSSR count). The lowest BCUT2D eigenvalue weighted by Crippen LogP contribution is -1.97. The lowest BCUT2D eigenvalue weighted by atomic mass is 10.1. The van der Waals surface area contributed by atoms with Crippen molar-refractivity contribution < 1.29 is 18.8 Å². The number of Topliss-reactive ketones (excluding diaryl/α,β-unsaturated/α-hetero) is 1. The summed E-state index contributed by atoms with van der Waals surface area (Å²) < 4.78 is 16.3. The number of carbonyl (C=O) groups is 1. The Morgan fingerprint density at radius 2 is 1.95 bits per heavy atom. The van der Waals surface area contributed by atoms with E-state index in [0.29, 0.717) is 30.4 Å². The smallest absolute Gasteiger partial charge is 0.181 e. The van der Waals surface area contributed by atoms with E-state index in [-0.39, 0.29) is 5.78 Å². The number of benzene rings is 1. The fourth-order valence-electron chi connectivity index (χ4n) is 1.89. The maximum atomic E-state index is 11.2. The number of ketones is 1. The third-order valence-corrected chi connectivity index (χ3v) is 2.90. The first-order valence-corrected chi connectivity index (χ1v) is 6.12. The van der Waals surface area contributed by atoms with E-state index in [2.05, 4.69) is 5.16 Å². The van der Waals surface area contributed by atoms with Crippen LogP contribution in [0.15, 0.2) is 28.8 Å². The molecule has 19 heavy (non-hydrogen) atoms. The maximum Gasteiger partial charge on any atom is 0.181 e. The lowest BCUT2D eigenvalue weighted by Gasteiger charge is -2.07. The second kappa shape index (κ2) is 4.76. The molecule has 98 valence electrons. The van der Waals surface area contributed by atoms with E-state index in [0.717, 1.165) is 17.7 Å². The topological polar surface area (TPSA) is 61.6 Å². The average Bonchev–Trinajstić information content (AvgIpc) is 2.78. The van der Waals surface area contributed by atoms with Crippen molar-refractivity contribution in [2.45, 2.75) is 13.3 Å². The van der Waals surface area contributed by atoms with Crippen molar-refractivity contribution in [3.05, 3.63) is 30.0 Å². The second-order valence-electron chi connectivity index (χ2n) is 4.34. The maximum absolute atomic E-state index is 11.2. The number of aromatic nitrogens is 1. The highest BCUT2D eigenvalue weighted by Gasteiger charge is 2.14. The summed E-state index contributed by atoms with van der Waals surface area (Å²) in [6, 6.07) is 7.16. The number of carbonyl (C=O) groups excluding carboxylic acids is 1. The molecule has 5 nitrogen and oxygen atoms in total. The first-order valence-electron chi connectivity index (χ1n) is 6.12. The van der Waals surface area contributed by atoms with Gasteiger partial charge in [0.05, 0.1) is 13.2 Å². The Morgan fingerprint density at radius 3 is 2.68 bits per heavy atom. The van der Waals surface area contributed by atoms with Crippen molar-refractivity contribution in [3.63, 3.8) is 0 Å². The van der Waals surface area contributed by atoms with E-state index in [9.17, 15) is 4.79 Å². The van der Waals surface area contributed by atoms with Gasteiger partial charge in [-0.1, -0.05) is 5.16 Å². The molecule has 0 amide bonds. The van der Waals surface area contributed by atoms with Gasteiger partial charge < -0.3 is 14.0 Å². The fourth-order valence-corrected chi connectivity index (χ4v) is 1.89. The standard InChI is InChI=1S/C14H13NO4/c1-9(16)11-8-13(19-15-11)10-3-4-12-14(7-10)18-6-2-5-17-12/h3-4,7-8H,2,5-6H2,1H3. The van der Waals surface area contributed by atoms with Gasteiger partial charge in [-0.2, -0.15) is 0 Å². The van der Waals surface area contributed by atoms with Crippen LogP contribution in [0.2, 0.25) is 0 Å². The van der Waals surface area contributed by atoms with E-state index in [1.54, 1.807) is 6.07 Å². The summed E-state index contributed by atoms with van der Waals surface area (Å²) in [4.78, 5) is 11.2. The molecule has 5 heteroatoms. The molecule has 1 aliphatic heterocycles. The predicted molar refractivity (Wildman–Crippen MR) is 67.6 cm³/mol. The molecule has 0 N–H and O–H groups in total. The number of hydrogen-bond acceptors (Lipinski definition) is 5. The van der Waals surface area contributed by atoms with Gasteiger partial charge in [0.2, 0.25) is 0 Å². The fraction of sp³-hybridized carbons (Fsp3) is 0.286. The third-order valence-electron chi connectivity index (χ3n) is 2.90. The Labute approximate surface area is 110 Å². The van der Waals surface area contributed by atoms with Crippen LogP contribution in [0.1, 0.15) is 23.8 Å². The van der Waals surface area contributed by atoms with Crippen LogP contribution in [-0.4, -0.2) is 24.2 Å². The summed E-state index contributed by atoms with van der Waals surface area (Å²) >= 11 is 0. The number of hydrogen-bond donors (Lipinski definition) is 0. The minimum Gasteiger partial charge on any atom is -0.490 e. The van der Waals surface area contributed by atoms with Crippen LogP contribution in [0.5, 0.6) is 11.5 Å². The molecule has 0 atom stereocenters. The van der Waals surface area contributed by atoms with Crippen molar-refractivity contribution in [3.8, 4) is 22.8 Å². The average molecular weight is 259 g/mol. The van der Waals surface area contributed by atoms with Gasteiger partial charge in [-0.25, -0.2) is 0 Å². The van der Waals surface area contributed by atoms with Gasteiger partial charge >= 0.3 is 0 Å². The number of fused-ring (bicyclic) bond motifs is 1. The van der Waals surface area contributed by atoms with E-state index in [4.69, 9.17) is 14.0 Å². The van der Waals surface area contributed by atoms with Crippen LogP contribution in [0.4, 0.5) is 0 Å². The van der Waals surface area contributed by atoms with Gasteiger partial charge in [-0.15, -0.1) is 0 Å². The SMILES string of the molecule is CC(=O)c1cc(-c2ccc3c(c2)OCCCO3)on1. The van der Waals surface area contributed by atoms with E-state index in [1.807, 2.05) is 18.2 Å². The molecule has 1 aromatic heterocycles. The number of rotatable bonds is 2. The number of ether oxygens (including phenoxy) is 2. The van der Waals surface area contributed by atoms with E-state index in [1.165, 1.54) is 6.92 Å². The Kier molecular flexibility index (Phi) is 2.95. The molecule has 0 radical (unpaired) electrons.